The minimum Gasteiger partial charge on any atom is -0.383 e. The van der Waals surface area contributed by atoms with Gasteiger partial charge in [-0.3, -0.25) is 0 Å². The van der Waals surface area contributed by atoms with E-state index in [-0.39, 0.29) is 13.0 Å². The zero-order chi connectivity index (χ0) is 23.3. The number of para-hydroxylation sites is 2. The highest BCUT2D eigenvalue weighted by atomic mass is 19.3. The van der Waals surface area contributed by atoms with Crippen molar-refractivity contribution in [1.82, 2.24) is 14.5 Å². The Morgan fingerprint density at radius 2 is 1.91 bits per heavy atom. The fraction of sp³-hybridized carbons (Fsp3) is 0.346. The van der Waals surface area contributed by atoms with E-state index in [0.29, 0.717) is 6.54 Å². The Hall–Kier alpha value is -3.19. The van der Waals surface area contributed by atoms with Crippen LogP contribution in [-0.2, 0) is 17.7 Å². The summed E-state index contributed by atoms with van der Waals surface area (Å²) in [6.07, 6.45) is 4.72. The van der Waals surface area contributed by atoms with Crippen molar-refractivity contribution >= 4 is 16.6 Å². The van der Waals surface area contributed by atoms with E-state index in [2.05, 4.69) is 27.5 Å². The minimum absolute atomic E-state index is 0.0754. The van der Waals surface area contributed by atoms with E-state index in [4.69, 9.17) is 4.74 Å². The Morgan fingerprint density at radius 1 is 1.12 bits per heavy atom. The van der Waals surface area contributed by atoms with E-state index in [1.807, 2.05) is 60.9 Å². The maximum atomic E-state index is 13.5. The second kappa shape index (κ2) is 10.2. The lowest BCUT2D eigenvalue weighted by Crippen LogP contribution is -2.25. The Labute approximate surface area is 193 Å². The molecule has 1 N–H and O–H groups in total. The zero-order valence-electron chi connectivity index (χ0n) is 19.1. The number of halogens is 2. The molecule has 4 aromatic rings. The van der Waals surface area contributed by atoms with Crippen molar-refractivity contribution in [2.24, 2.45) is 0 Å². The SMILES string of the molecule is CCc1nccn1CCOC.FC1(F)CCN(c2ccccc2-c2cc3ccccc3[nH]2)C1. The van der Waals surface area contributed by atoms with Gasteiger partial charge >= 0.3 is 0 Å². The molecule has 1 aliphatic rings. The van der Waals surface area contributed by atoms with Gasteiger partial charge in [0.15, 0.2) is 0 Å². The average molecular weight is 453 g/mol. The number of rotatable bonds is 6. The molecule has 2 aromatic heterocycles. The van der Waals surface area contributed by atoms with Crippen LogP contribution < -0.4 is 4.90 Å². The third-order valence-electron chi connectivity index (χ3n) is 5.89. The predicted octanol–water partition coefficient (Wildman–Crippen LogP) is 5.77. The Kier molecular flexibility index (Phi) is 7.08. The highest BCUT2D eigenvalue weighted by Gasteiger charge is 2.38. The normalized spacial score (nSPS) is 15.0. The molecule has 0 spiro atoms. The molecule has 33 heavy (non-hydrogen) atoms. The van der Waals surface area contributed by atoms with E-state index in [1.165, 1.54) is 0 Å². The van der Waals surface area contributed by atoms with Crippen LogP contribution in [-0.4, -0.2) is 47.3 Å². The number of methoxy groups -OCH3 is 1. The number of alkyl halides is 2. The summed E-state index contributed by atoms with van der Waals surface area (Å²) in [5.41, 5.74) is 3.86. The second-order valence-corrected chi connectivity index (χ2v) is 8.20. The second-order valence-electron chi connectivity index (χ2n) is 8.20. The first-order chi connectivity index (χ1) is 16.0. The zero-order valence-corrected chi connectivity index (χ0v) is 19.1. The molecule has 0 unspecified atom stereocenters. The standard InChI is InChI=1S/C18H16F2N2.C8H14N2O/c19-18(20)9-10-22(12-18)17-8-4-2-6-14(17)16-11-13-5-1-3-7-15(13)21-16;1-3-8-9-4-5-10(8)6-7-11-2/h1-8,11,21H,9-10,12H2;4-5H,3,6-7H2,1-2H3. The summed E-state index contributed by atoms with van der Waals surface area (Å²) >= 11 is 0. The van der Waals surface area contributed by atoms with Crippen molar-refractivity contribution in [1.29, 1.82) is 0 Å². The number of benzene rings is 2. The van der Waals surface area contributed by atoms with E-state index in [0.717, 1.165) is 53.2 Å². The van der Waals surface area contributed by atoms with Crippen molar-refractivity contribution in [2.75, 3.05) is 31.7 Å². The first-order valence-electron chi connectivity index (χ1n) is 11.3. The number of imidazole rings is 1. The van der Waals surface area contributed by atoms with Gasteiger partial charge in [0.1, 0.15) is 5.82 Å². The molecule has 0 atom stereocenters. The van der Waals surface area contributed by atoms with Gasteiger partial charge in [-0.2, -0.15) is 0 Å². The number of aromatic nitrogens is 3. The largest absolute Gasteiger partial charge is 0.383 e. The van der Waals surface area contributed by atoms with Gasteiger partial charge in [-0.1, -0.05) is 43.3 Å². The molecule has 1 fully saturated rings. The molecule has 5 nitrogen and oxygen atoms in total. The van der Waals surface area contributed by atoms with E-state index in [1.54, 1.807) is 12.0 Å². The van der Waals surface area contributed by atoms with Crippen molar-refractivity contribution in [3.8, 4) is 11.3 Å². The molecule has 7 heteroatoms. The van der Waals surface area contributed by atoms with Gasteiger partial charge in [-0.15, -0.1) is 0 Å². The van der Waals surface area contributed by atoms with Crippen LogP contribution in [0.4, 0.5) is 14.5 Å². The molecule has 1 aliphatic heterocycles. The van der Waals surface area contributed by atoms with Gasteiger partial charge in [0, 0.05) is 73.3 Å². The van der Waals surface area contributed by atoms with Crippen LogP contribution in [0, 0.1) is 0 Å². The number of anilines is 1. The number of hydrogen-bond donors (Lipinski definition) is 1. The van der Waals surface area contributed by atoms with Crippen molar-refractivity contribution in [3.05, 3.63) is 72.8 Å². The third kappa shape index (κ3) is 5.42. The molecule has 174 valence electrons. The lowest BCUT2D eigenvalue weighted by atomic mass is 10.1. The maximum Gasteiger partial charge on any atom is 0.266 e. The van der Waals surface area contributed by atoms with Crippen LogP contribution in [0.1, 0.15) is 19.2 Å². The number of fused-ring (bicyclic) bond motifs is 1. The number of ether oxygens (including phenoxy) is 1. The molecule has 0 amide bonds. The first kappa shape index (κ1) is 23.0. The Morgan fingerprint density at radius 3 is 2.64 bits per heavy atom. The summed E-state index contributed by atoms with van der Waals surface area (Å²) in [5.74, 6) is -1.46. The maximum absolute atomic E-state index is 13.5. The lowest BCUT2D eigenvalue weighted by molar-refractivity contribution is 0.0257. The topological polar surface area (TPSA) is 46.1 Å². The quantitative estimate of drug-likeness (QED) is 0.404. The molecular weight excluding hydrogens is 422 g/mol. The summed E-state index contributed by atoms with van der Waals surface area (Å²) in [4.78, 5) is 9.36. The summed E-state index contributed by atoms with van der Waals surface area (Å²) in [7, 11) is 1.71. The van der Waals surface area contributed by atoms with Crippen LogP contribution in [0.2, 0.25) is 0 Å². The highest BCUT2D eigenvalue weighted by Crippen LogP contribution is 2.37. The summed E-state index contributed by atoms with van der Waals surface area (Å²) in [6.45, 7) is 3.95. The van der Waals surface area contributed by atoms with Crippen molar-refractivity contribution in [2.45, 2.75) is 32.2 Å². The van der Waals surface area contributed by atoms with E-state index < -0.39 is 5.92 Å². The lowest BCUT2D eigenvalue weighted by Gasteiger charge is -2.21. The van der Waals surface area contributed by atoms with Crippen LogP contribution in [0.5, 0.6) is 0 Å². The summed E-state index contributed by atoms with van der Waals surface area (Å²) in [6, 6.07) is 17.9. The Bertz CT molecular complexity index is 1150. The average Bonchev–Trinajstić information content (AvgIpc) is 3.55. The van der Waals surface area contributed by atoms with Gasteiger partial charge in [0.2, 0.25) is 0 Å². The summed E-state index contributed by atoms with van der Waals surface area (Å²) in [5, 5.41) is 1.12. The predicted molar refractivity (Wildman–Crippen MR) is 129 cm³/mol. The van der Waals surface area contributed by atoms with Crippen LogP contribution in [0.3, 0.4) is 0 Å². The van der Waals surface area contributed by atoms with Crippen molar-refractivity contribution < 1.29 is 13.5 Å². The fourth-order valence-corrected chi connectivity index (χ4v) is 4.18. The molecule has 0 bridgehead atoms. The molecule has 0 saturated carbocycles. The highest BCUT2D eigenvalue weighted by molar-refractivity contribution is 5.89. The number of nitrogens with zero attached hydrogens (tertiary/aromatic N) is 3. The molecule has 0 radical (unpaired) electrons. The van der Waals surface area contributed by atoms with E-state index >= 15 is 0 Å². The minimum atomic E-state index is -2.59. The number of aromatic amines is 1. The van der Waals surface area contributed by atoms with Crippen molar-refractivity contribution in [3.63, 3.8) is 0 Å². The van der Waals surface area contributed by atoms with Gasteiger partial charge in [0.05, 0.1) is 13.2 Å². The molecule has 3 heterocycles. The number of nitrogens with one attached hydrogen (secondary N) is 1. The van der Waals surface area contributed by atoms with Gasteiger partial charge in [0.25, 0.3) is 5.92 Å². The monoisotopic (exact) mass is 452 g/mol. The van der Waals surface area contributed by atoms with Gasteiger partial charge < -0.3 is 19.2 Å². The smallest absolute Gasteiger partial charge is 0.266 e. The molecule has 2 aromatic carbocycles. The van der Waals surface area contributed by atoms with Crippen LogP contribution in [0.15, 0.2) is 67.0 Å². The van der Waals surface area contributed by atoms with Crippen LogP contribution in [0.25, 0.3) is 22.2 Å². The fourth-order valence-electron chi connectivity index (χ4n) is 4.18. The molecule has 5 rings (SSSR count). The molecule has 1 saturated heterocycles. The number of hydrogen-bond acceptors (Lipinski definition) is 3. The molecular formula is C26H30F2N4O. The summed E-state index contributed by atoms with van der Waals surface area (Å²) < 4.78 is 34.1. The Balaban J connectivity index is 0.000000200. The first-order valence-corrected chi connectivity index (χ1v) is 11.3. The number of H-pyrrole nitrogens is 1. The van der Waals surface area contributed by atoms with Gasteiger partial charge in [-0.25, -0.2) is 13.8 Å². The van der Waals surface area contributed by atoms with E-state index in [9.17, 15) is 8.78 Å². The van der Waals surface area contributed by atoms with Gasteiger partial charge in [-0.05, 0) is 18.2 Å². The molecule has 0 aliphatic carbocycles. The van der Waals surface area contributed by atoms with Crippen LogP contribution >= 0.6 is 0 Å². The third-order valence-corrected chi connectivity index (χ3v) is 5.89. The number of aryl methyl sites for hydroxylation is 1.